The van der Waals surface area contributed by atoms with Gasteiger partial charge in [-0.2, -0.15) is 0 Å². The molecule has 19 heavy (non-hydrogen) atoms. The molecule has 2 nitrogen and oxygen atoms in total. The fourth-order valence-electron chi connectivity index (χ4n) is 2.05. The monoisotopic (exact) mass is 255 g/mol. The summed E-state index contributed by atoms with van der Waals surface area (Å²) in [7, 11) is 0. The second kappa shape index (κ2) is 6.39. The second-order valence-corrected chi connectivity index (χ2v) is 5.22. The average Bonchev–Trinajstić information content (AvgIpc) is 2.40. The zero-order chi connectivity index (χ0) is 13.7. The van der Waals surface area contributed by atoms with Crippen molar-refractivity contribution in [1.82, 2.24) is 0 Å². The molecule has 0 aliphatic heterocycles. The largest absolute Gasteiger partial charge is 0.457 e. The Morgan fingerprint density at radius 2 is 1.47 bits per heavy atom. The molecule has 0 aromatic heterocycles. The standard InChI is InChI=1S/C17H21NO/c1-13(2)12-17(18)14-8-10-16(11-9-14)19-15-6-4-3-5-7-15/h3-11,13,17H,12,18H2,1-2H3/t17-/m1/s1. The Labute approximate surface area is 115 Å². The number of benzene rings is 2. The fourth-order valence-corrected chi connectivity index (χ4v) is 2.05. The lowest BCUT2D eigenvalue weighted by Gasteiger charge is -2.15. The van der Waals surface area contributed by atoms with Crippen molar-refractivity contribution in [3.63, 3.8) is 0 Å². The van der Waals surface area contributed by atoms with Crippen molar-refractivity contribution in [2.75, 3.05) is 0 Å². The zero-order valence-electron chi connectivity index (χ0n) is 11.5. The van der Waals surface area contributed by atoms with Crippen molar-refractivity contribution in [2.24, 2.45) is 11.7 Å². The van der Waals surface area contributed by atoms with E-state index in [-0.39, 0.29) is 6.04 Å². The maximum Gasteiger partial charge on any atom is 0.127 e. The summed E-state index contributed by atoms with van der Waals surface area (Å²) in [5.41, 5.74) is 7.32. The number of hydrogen-bond acceptors (Lipinski definition) is 2. The molecule has 1 atom stereocenters. The molecule has 0 aliphatic rings. The van der Waals surface area contributed by atoms with Crippen molar-refractivity contribution in [3.05, 3.63) is 60.2 Å². The van der Waals surface area contributed by atoms with Gasteiger partial charge in [-0.05, 0) is 42.2 Å². The van der Waals surface area contributed by atoms with Gasteiger partial charge in [0.2, 0.25) is 0 Å². The first-order chi connectivity index (χ1) is 9.15. The summed E-state index contributed by atoms with van der Waals surface area (Å²) in [5, 5.41) is 0. The molecule has 100 valence electrons. The predicted octanol–water partition coefficient (Wildman–Crippen LogP) is 4.52. The van der Waals surface area contributed by atoms with E-state index in [0.29, 0.717) is 5.92 Å². The highest BCUT2D eigenvalue weighted by molar-refractivity contribution is 5.33. The first-order valence-corrected chi connectivity index (χ1v) is 6.73. The van der Waals surface area contributed by atoms with Crippen molar-refractivity contribution in [3.8, 4) is 11.5 Å². The van der Waals surface area contributed by atoms with Crippen LogP contribution in [0, 0.1) is 5.92 Å². The van der Waals surface area contributed by atoms with Crippen LogP contribution in [0.5, 0.6) is 11.5 Å². The molecule has 0 saturated heterocycles. The van der Waals surface area contributed by atoms with Gasteiger partial charge in [0.1, 0.15) is 11.5 Å². The Morgan fingerprint density at radius 3 is 2.05 bits per heavy atom. The van der Waals surface area contributed by atoms with Gasteiger partial charge in [-0.25, -0.2) is 0 Å². The predicted molar refractivity (Wildman–Crippen MR) is 79.3 cm³/mol. The van der Waals surface area contributed by atoms with E-state index >= 15 is 0 Å². The van der Waals surface area contributed by atoms with Crippen LogP contribution in [0.3, 0.4) is 0 Å². The molecule has 0 bridgehead atoms. The lowest BCUT2D eigenvalue weighted by atomic mass is 9.98. The third-order valence-electron chi connectivity index (χ3n) is 3.01. The van der Waals surface area contributed by atoms with E-state index in [1.54, 1.807) is 0 Å². The topological polar surface area (TPSA) is 35.2 Å². The van der Waals surface area contributed by atoms with Gasteiger partial charge >= 0.3 is 0 Å². The molecule has 2 rings (SSSR count). The van der Waals surface area contributed by atoms with Gasteiger partial charge in [-0.15, -0.1) is 0 Å². The Balaban J connectivity index is 2.02. The first kappa shape index (κ1) is 13.6. The van der Waals surface area contributed by atoms with Gasteiger partial charge in [0.05, 0.1) is 0 Å². The molecular weight excluding hydrogens is 234 g/mol. The normalized spacial score (nSPS) is 12.4. The molecule has 0 unspecified atom stereocenters. The smallest absolute Gasteiger partial charge is 0.127 e. The summed E-state index contributed by atoms with van der Waals surface area (Å²) >= 11 is 0. The molecule has 2 aromatic rings. The van der Waals surface area contributed by atoms with E-state index in [1.165, 1.54) is 0 Å². The van der Waals surface area contributed by atoms with Gasteiger partial charge in [0, 0.05) is 6.04 Å². The van der Waals surface area contributed by atoms with Crippen LogP contribution in [0.25, 0.3) is 0 Å². The van der Waals surface area contributed by atoms with E-state index in [4.69, 9.17) is 10.5 Å². The first-order valence-electron chi connectivity index (χ1n) is 6.73. The molecule has 2 heteroatoms. The zero-order valence-corrected chi connectivity index (χ0v) is 11.5. The molecule has 0 saturated carbocycles. The number of ether oxygens (including phenoxy) is 1. The summed E-state index contributed by atoms with van der Waals surface area (Å²) in [6.07, 6.45) is 0.999. The van der Waals surface area contributed by atoms with Crippen LogP contribution in [-0.2, 0) is 0 Å². The van der Waals surface area contributed by atoms with Crippen molar-refractivity contribution in [2.45, 2.75) is 26.3 Å². The van der Waals surface area contributed by atoms with E-state index in [0.717, 1.165) is 23.5 Å². The van der Waals surface area contributed by atoms with Gasteiger partial charge in [-0.3, -0.25) is 0 Å². The Hall–Kier alpha value is -1.80. The van der Waals surface area contributed by atoms with Crippen LogP contribution in [-0.4, -0.2) is 0 Å². The van der Waals surface area contributed by atoms with Crippen LogP contribution >= 0.6 is 0 Å². The average molecular weight is 255 g/mol. The maximum atomic E-state index is 6.16. The summed E-state index contributed by atoms with van der Waals surface area (Å²) in [6.45, 7) is 4.37. The summed E-state index contributed by atoms with van der Waals surface area (Å²) in [6, 6.07) is 17.9. The maximum absolute atomic E-state index is 6.16. The van der Waals surface area contributed by atoms with Crippen molar-refractivity contribution < 1.29 is 4.74 Å². The van der Waals surface area contributed by atoms with Crippen LogP contribution in [0.15, 0.2) is 54.6 Å². The SMILES string of the molecule is CC(C)C[C@@H](N)c1ccc(Oc2ccccc2)cc1. The second-order valence-electron chi connectivity index (χ2n) is 5.22. The molecular formula is C17H21NO. The Kier molecular flexibility index (Phi) is 4.58. The molecule has 0 spiro atoms. The van der Waals surface area contributed by atoms with Crippen LogP contribution < -0.4 is 10.5 Å². The van der Waals surface area contributed by atoms with Crippen LogP contribution in [0.2, 0.25) is 0 Å². The molecule has 0 aliphatic carbocycles. The van der Waals surface area contributed by atoms with Crippen molar-refractivity contribution in [1.29, 1.82) is 0 Å². The molecule has 0 fully saturated rings. The molecule has 0 radical (unpaired) electrons. The number of nitrogens with two attached hydrogens (primary N) is 1. The number of rotatable bonds is 5. The van der Waals surface area contributed by atoms with Gasteiger partial charge < -0.3 is 10.5 Å². The highest BCUT2D eigenvalue weighted by Crippen LogP contribution is 2.24. The number of hydrogen-bond donors (Lipinski definition) is 1. The Bertz CT molecular complexity index is 490. The third kappa shape index (κ3) is 4.11. The van der Waals surface area contributed by atoms with E-state index in [9.17, 15) is 0 Å². The minimum Gasteiger partial charge on any atom is -0.457 e. The summed E-state index contributed by atoms with van der Waals surface area (Å²) in [5.74, 6) is 2.30. The summed E-state index contributed by atoms with van der Waals surface area (Å²) < 4.78 is 5.75. The third-order valence-corrected chi connectivity index (χ3v) is 3.01. The van der Waals surface area contributed by atoms with Gasteiger partial charge in [-0.1, -0.05) is 44.2 Å². The summed E-state index contributed by atoms with van der Waals surface area (Å²) in [4.78, 5) is 0. The fraction of sp³-hybridized carbons (Fsp3) is 0.294. The lowest BCUT2D eigenvalue weighted by molar-refractivity contribution is 0.480. The van der Waals surface area contributed by atoms with Crippen LogP contribution in [0.4, 0.5) is 0 Å². The van der Waals surface area contributed by atoms with E-state index in [2.05, 4.69) is 13.8 Å². The van der Waals surface area contributed by atoms with Crippen molar-refractivity contribution >= 4 is 0 Å². The highest BCUT2D eigenvalue weighted by atomic mass is 16.5. The quantitative estimate of drug-likeness (QED) is 0.852. The van der Waals surface area contributed by atoms with Gasteiger partial charge in [0.15, 0.2) is 0 Å². The highest BCUT2D eigenvalue weighted by Gasteiger charge is 2.08. The van der Waals surface area contributed by atoms with E-state index < -0.39 is 0 Å². The number of para-hydroxylation sites is 1. The molecule has 2 N–H and O–H groups in total. The van der Waals surface area contributed by atoms with E-state index in [1.807, 2.05) is 54.6 Å². The minimum atomic E-state index is 0.103. The Morgan fingerprint density at radius 1 is 0.895 bits per heavy atom. The molecule has 2 aromatic carbocycles. The molecule has 0 amide bonds. The minimum absolute atomic E-state index is 0.103. The van der Waals surface area contributed by atoms with Gasteiger partial charge in [0.25, 0.3) is 0 Å². The molecule has 0 heterocycles. The lowest BCUT2D eigenvalue weighted by Crippen LogP contribution is -2.12. The van der Waals surface area contributed by atoms with Crippen LogP contribution in [0.1, 0.15) is 31.9 Å².